The molecule has 3 aromatic carbocycles. The van der Waals surface area contributed by atoms with Crippen molar-refractivity contribution in [3.63, 3.8) is 0 Å². The van der Waals surface area contributed by atoms with Crippen LogP contribution in [0.3, 0.4) is 0 Å². The lowest BCUT2D eigenvalue weighted by atomic mass is 10.0. The molecular formula is C32H36ClN3O5. The minimum atomic E-state index is -0.0784. The normalized spacial score (nSPS) is 18.5. The van der Waals surface area contributed by atoms with E-state index in [9.17, 15) is 4.79 Å². The third kappa shape index (κ3) is 6.77. The Morgan fingerprint density at radius 2 is 1.44 bits per heavy atom. The maximum absolute atomic E-state index is 13.8. The van der Waals surface area contributed by atoms with Gasteiger partial charge in [-0.25, -0.2) is 0 Å². The number of methoxy groups -OCH3 is 2. The van der Waals surface area contributed by atoms with Crippen molar-refractivity contribution in [1.29, 1.82) is 0 Å². The van der Waals surface area contributed by atoms with Crippen LogP contribution in [-0.4, -0.2) is 74.9 Å². The van der Waals surface area contributed by atoms with Gasteiger partial charge in [-0.1, -0.05) is 35.9 Å². The van der Waals surface area contributed by atoms with E-state index < -0.39 is 0 Å². The molecule has 3 saturated heterocycles. The first-order valence-electron chi connectivity index (χ1n) is 13.8. The van der Waals surface area contributed by atoms with Gasteiger partial charge >= 0.3 is 0 Å². The van der Waals surface area contributed by atoms with E-state index in [1.165, 1.54) is 0 Å². The number of aliphatic imine (C=N–C) groups is 1. The van der Waals surface area contributed by atoms with Crippen molar-refractivity contribution in [2.24, 2.45) is 4.99 Å². The van der Waals surface area contributed by atoms with Crippen LogP contribution in [0.25, 0.3) is 0 Å². The van der Waals surface area contributed by atoms with E-state index >= 15 is 0 Å². The summed E-state index contributed by atoms with van der Waals surface area (Å²) in [6, 6.07) is 19.1. The minimum absolute atomic E-state index is 0.0784. The van der Waals surface area contributed by atoms with E-state index in [0.717, 1.165) is 55.1 Å². The molecule has 0 aliphatic carbocycles. The molecular weight excluding hydrogens is 542 g/mol. The molecule has 0 N–H and O–H groups in total. The van der Waals surface area contributed by atoms with E-state index in [-0.39, 0.29) is 25.2 Å². The van der Waals surface area contributed by atoms with Crippen LogP contribution in [0.4, 0.5) is 0 Å². The molecule has 1 amide bonds. The summed E-state index contributed by atoms with van der Waals surface area (Å²) in [5.74, 6) is 2.30. The van der Waals surface area contributed by atoms with E-state index in [1.54, 1.807) is 33.4 Å². The predicted molar refractivity (Wildman–Crippen MR) is 160 cm³/mol. The second-order valence-corrected chi connectivity index (χ2v) is 10.6. The van der Waals surface area contributed by atoms with Crippen LogP contribution >= 0.6 is 11.6 Å². The van der Waals surface area contributed by atoms with Crippen molar-refractivity contribution in [2.75, 3.05) is 47.4 Å². The third-order valence-corrected chi connectivity index (χ3v) is 8.00. The number of fused-ring (bicyclic) bond motifs is 4. The molecule has 0 spiro atoms. The van der Waals surface area contributed by atoms with Gasteiger partial charge in [-0.2, -0.15) is 0 Å². The first-order valence-corrected chi connectivity index (χ1v) is 14.2. The van der Waals surface area contributed by atoms with Crippen molar-refractivity contribution in [2.45, 2.75) is 32.1 Å². The van der Waals surface area contributed by atoms with Crippen LogP contribution in [0.5, 0.6) is 23.0 Å². The van der Waals surface area contributed by atoms with Crippen LogP contribution in [-0.2, 0) is 18.0 Å². The molecule has 41 heavy (non-hydrogen) atoms. The Kier molecular flexibility index (Phi) is 9.31. The summed E-state index contributed by atoms with van der Waals surface area (Å²) in [4.78, 5) is 22.7. The number of carbonyl (C=O) groups is 1. The van der Waals surface area contributed by atoms with Gasteiger partial charge in [-0.05, 0) is 60.4 Å². The fraction of sp³-hybridized carbons (Fsp3) is 0.375. The van der Waals surface area contributed by atoms with E-state index in [1.807, 2.05) is 53.4 Å². The second-order valence-electron chi connectivity index (χ2n) is 10.2. The zero-order valence-corrected chi connectivity index (χ0v) is 24.5. The maximum Gasteiger partial charge on any atom is 0.272 e. The highest BCUT2D eigenvalue weighted by atomic mass is 35.5. The summed E-state index contributed by atoms with van der Waals surface area (Å²) < 4.78 is 23.0. The quantitative estimate of drug-likeness (QED) is 0.307. The molecule has 0 unspecified atom stereocenters. The third-order valence-electron chi connectivity index (χ3n) is 7.72. The van der Waals surface area contributed by atoms with Crippen LogP contribution < -0.4 is 18.9 Å². The Morgan fingerprint density at radius 3 is 2.00 bits per heavy atom. The number of piperidine rings is 1. The van der Waals surface area contributed by atoms with Gasteiger partial charge in [0, 0.05) is 44.8 Å². The number of carbonyl (C=O) groups excluding carboxylic acids is 1. The van der Waals surface area contributed by atoms with Crippen molar-refractivity contribution in [3.8, 4) is 23.0 Å². The molecule has 3 fully saturated rings. The van der Waals surface area contributed by atoms with Crippen molar-refractivity contribution < 1.29 is 23.7 Å². The Morgan fingerprint density at radius 1 is 0.854 bits per heavy atom. The lowest BCUT2D eigenvalue weighted by Crippen LogP contribution is -2.45. The van der Waals surface area contributed by atoms with Crippen molar-refractivity contribution in [1.82, 2.24) is 9.80 Å². The molecule has 3 heterocycles. The number of halogens is 1. The topological polar surface area (TPSA) is 72.8 Å². The number of nitrogens with zero attached hydrogens (tertiary/aromatic N) is 3. The van der Waals surface area contributed by atoms with Crippen LogP contribution in [0.15, 0.2) is 65.7 Å². The monoisotopic (exact) mass is 577 g/mol. The molecule has 3 aliphatic heterocycles. The summed E-state index contributed by atoms with van der Waals surface area (Å²) in [7, 11) is 4.91. The van der Waals surface area contributed by atoms with E-state index in [4.69, 9.17) is 30.5 Å². The number of amides is 1. The van der Waals surface area contributed by atoms with Crippen LogP contribution in [0.2, 0.25) is 5.02 Å². The number of benzene rings is 3. The lowest BCUT2D eigenvalue weighted by Gasteiger charge is -2.31. The van der Waals surface area contributed by atoms with Gasteiger partial charge < -0.3 is 28.7 Å². The number of hydrogen-bond acceptors (Lipinski definition) is 7. The second kappa shape index (κ2) is 13.3. The van der Waals surface area contributed by atoms with Gasteiger partial charge in [-0.3, -0.25) is 9.79 Å². The standard InChI is InChI=1S/C32H36ClN3O5/c1-34-30(32(37)36-17-16-35-14-12-25(36)13-15-35)24-18-28(33)31(41-21-23-6-10-27(39-3)11-7-23)29(19-24)40-20-22-4-8-26(38-2)9-5-22/h4-11,18-19,25H,12-17,20-21H2,1-3H3/b34-30-. The van der Waals surface area contributed by atoms with Crippen molar-refractivity contribution in [3.05, 3.63) is 82.4 Å². The highest BCUT2D eigenvalue weighted by Gasteiger charge is 2.34. The number of hydrogen-bond donors (Lipinski definition) is 0. The van der Waals surface area contributed by atoms with E-state index in [2.05, 4.69) is 9.89 Å². The molecule has 216 valence electrons. The molecule has 9 heteroatoms. The average Bonchev–Trinajstić information content (AvgIpc) is 3.34. The van der Waals surface area contributed by atoms with Crippen LogP contribution in [0, 0.1) is 0 Å². The molecule has 0 saturated carbocycles. The average molecular weight is 578 g/mol. The summed E-state index contributed by atoms with van der Waals surface area (Å²) >= 11 is 6.82. The van der Waals surface area contributed by atoms with Gasteiger partial charge in [0.1, 0.15) is 30.4 Å². The largest absolute Gasteiger partial charge is 0.497 e. The molecule has 2 bridgehead atoms. The highest BCUT2D eigenvalue weighted by molar-refractivity contribution is 6.46. The highest BCUT2D eigenvalue weighted by Crippen LogP contribution is 2.38. The minimum Gasteiger partial charge on any atom is -0.497 e. The predicted octanol–water partition coefficient (Wildman–Crippen LogP) is 5.24. The van der Waals surface area contributed by atoms with Crippen LogP contribution in [0.1, 0.15) is 29.5 Å². The Balaban J connectivity index is 1.42. The smallest absolute Gasteiger partial charge is 0.272 e. The van der Waals surface area contributed by atoms with Gasteiger partial charge in [0.05, 0.1) is 19.2 Å². The summed E-state index contributed by atoms with van der Waals surface area (Å²) in [5.41, 5.74) is 2.86. The Bertz CT molecular complexity index is 1370. The van der Waals surface area contributed by atoms with Gasteiger partial charge in [0.15, 0.2) is 11.5 Å². The summed E-state index contributed by atoms with van der Waals surface area (Å²) in [6.45, 7) is 4.19. The zero-order valence-electron chi connectivity index (χ0n) is 23.8. The Labute approximate surface area is 246 Å². The molecule has 3 aliphatic rings. The first kappa shape index (κ1) is 28.8. The number of ether oxygens (including phenoxy) is 4. The molecule has 0 atom stereocenters. The fourth-order valence-electron chi connectivity index (χ4n) is 5.35. The molecule has 6 rings (SSSR count). The fourth-order valence-corrected chi connectivity index (χ4v) is 5.62. The summed E-state index contributed by atoms with van der Waals surface area (Å²) in [5, 5.41) is 0.345. The van der Waals surface area contributed by atoms with Gasteiger partial charge in [0.25, 0.3) is 5.91 Å². The summed E-state index contributed by atoms with van der Waals surface area (Å²) in [6.07, 6.45) is 1.97. The molecule has 0 radical (unpaired) electrons. The van der Waals surface area contributed by atoms with Gasteiger partial charge in [-0.15, -0.1) is 0 Å². The zero-order chi connectivity index (χ0) is 28.8. The molecule has 0 aromatic heterocycles. The first-order chi connectivity index (χ1) is 20.0. The lowest BCUT2D eigenvalue weighted by molar-refractivity contribution is -0.125. The Hall–Kier alpha value is -3.75. The SMILES string of the molecule is C/N=C(\C(=O)N1CCN2CCC1CC2)c1cc(Cl)c(OCc2ccc(OC)cc2)c(OCc2ccc(OC)cc2)c1. The van der Waals surface area contributed by atoms with Crippen molar-refractivity contribution >= 4 is 23.2 Å². The van der Waals surface area contributed by atoms with E-state index in [0.29, 0.717) is 34.3 Å². The molecule has 8 nitrogen and oxygen atoms in total. The number of rotatable bonds is 10. The maximum atomic E-state index is 13.8. The molecule has 3 aromatic rings. The van der Waals surface area contributed by atoms with Gasteiger partial charge in [0.2, 0.25) is 0 Å².